The quantitative estimate of drug-likeness (QED) is 0.312. The third-order valence-electron chi connectivity index (χ3n) is 5.26. The molecule has 0 aliphatic heterocycles. The fourth-order valence-electron chi connectivity index (χ4n) is 3.66. The van der Waals surface area contributed by atoms with Crippen LogP contribution in [0.3, 0.4) is 0 Å². The molecule has 5 rings (SSSR count). The van der Waals surface area contributed by atoms with Crippen molar-refractivity contribution in [1.29, 1.82) is 0 Å². The molecule has 0 spiro atoms. The number of pyridine rings is 1. The molecular weight excluding hydrogens is 430 g/mol. The molecule has 0 amide bonds. The lowest BCUT2D eigenvalue weighted by Gasteiger charge is -2.15. The number of aromatic nitrogens is 1. The standard InChI is InChI=1S/C18H13ClN2S2.C6H13N/c19-16-9-15(20-10-13-7-4-8-22-13)18-17(21-16)14(11-23-18)12-5-2-1-3-6-12;7-6-4-2-1-3-5-6/h1-9,11H,10H2,(H,20,21);6H,1-5,7H2. The number of halogens is 1. The summed E-state index contributed by atoms with van der Waals surface area (Å²) in [7, 11) is 0. The number of anilines is 1. The van der Waals surface area contributed by atoms with Gasteiger partial charge in [0, 0.05) is 34.5 Å². The van der Waals surface area contributed by atoms with Gasteiger partial charge in [0.05, 0.1) is 15.9 Å². The average Bonchev–Trinajstić information content (AvgIpc) is 3.44. The summed E-state index contributed by atoms with van der Waals surface area (Å²) in [6, 6.07) is 16.9. The van der Waals surface area contributed by atoms with Gasteiger partial charge in [0.25, 0.3) is 0 Å². The molecule has 1 aromatic carbocycles. The third-order valence-corrected chi connectivity index (χ3v) is 7.33. The Morgan fingerprint density at radius 2 is 1.83 bits per heavy atom. The first-order valence-electron chi connectivity index (χ1n) is 10.4. The number of nitrogens with zero attached hydrogens (tertiary/aromatic N) is 1. The number of hydrogen-bond donors (Lipinski definition) is 2. The van der Waals surface area contributed by atoms with E-state index in [4.69, 9.17) is 17.3 Å². The van der Waals surface area contributed by atoms with Crippen LogP contribution >= 0.6 is 34.3 Å². The summed E-state index contributed by atoms with van der Waals surface area (Å²) in [5.74, 6) is 0. The van der Waals surface area contributed by atoms with Crippen molar-refractivity contribution in [3.8, 4) is 11.1 Å². The molecule has 1 aliphatic carbocycles. The van der Waals surface area contributed by atoms with Gasteiger partial charge in [-0.3, -0.25) is 0 Å². The molecule has 3 aromatic heterocycles. The number of benzene rings is 1. The van der Waals surface area contributed by atoms with Gasteiger partial charge in [-0.25, -0.2) is 4.98 Å². The van der Waals surface area contributed by atoms with Crippen LogP contribution in [0.25, 0.3) is 21.3 Å². The monoisotopic (exact) mass is 455 g/mol. The van der Waals surface area contributed by atoms with Gasteiger partial charge < -0.3 is 11.1 Å². The van der Waals surface area contributed by atoms with Gasteiger partial charge in [0.15, 0.2) is 0 Å². The van der Waals surface area contributed by atoms with Gasteiger partial charge >= 0.3 is 0 Å². The molecule has 0 radical (unpaired) electrons. The number of rotatable bonds is 4. The van der Waals surface area contributed by atoms with Gasteiger partial charge in [-0.1, -0.05) is 67.3 Å². The van der Waals surface area contributed by atoms with Crippen molar-refractivity contribution in [2.24, 2.45) is 5.73 Å². The fraction of sp³-hybridized carbons (Fsp3) is 0.292. The van der Waals surface area contributed by atoms with Gasteiger partial charge in [0.2, 0.25) is 0 Å². The zero-order chi connectivity index (χ0) is 20.8. The molecule has 1 saturated carbocycles. The van der Waals surface area contributed by atoms with Crippen molar-refractivity contribution in [3.63, 3.8) is 0 Å². The van der Waals surface area contributed by atoms with Gasteiger partial charge in [-0.2, -0.15) is 0 Å². The Kier molecular flexibility index (Phi) is 7.39. The average molecular weight is 456 g/mol. The van der Waals surface area contributed by atoms with E-state index in [1.807, 2.05) is 24.3 Å². The minimum absolute atomic E-state index is 0.516. The summed E-state index contributed by atoms with van der Waals surface area (Å²) < 4.78 is 1.14. The van der Waals surface area contributed by atoms with E-state index >= 15 is 0 Å². The maximum Gasteiger partial charge on any atom is 0.131 e. The maximum atomic E-state index is 6.26. The Morgan fingerprint density at radius 3 is 2.50 bits per heavy atom. The van der Waals surface area contributed by atoms with Gasteiger partial charge in [0.1, 0.15) is 5.15 Å². The fourth-order valence-corrected chi connectivity index (χ4v) is 5.51. The number of fused-ring (bicyclic) bond motifs is 1. The van der Waals surface area contributed by atoms with Crippen LogP contribution < -0.4 is 11.1 Å². The van der Waals surface area contributed by atoms with E-state index in [-0.39, 0.29) is 0 Å². The van der Waals surface area contributed by atoms with E-state index in [0.717, 1.165) is 33.6 Å². The summed E-state index contributed by atoms with van der Waals surface area (Å²) in [6.45, 7) is 0.797. The zero-order valence-electron chi connectivity index (χ0n) is 16.8. The van der Waals surface area contributed by atoms with E-state index in [9.17, 15) is 0 Å². The topological polar surface area (TPSA) is 50.9 Å². The maximum absolute atomic E-state index is 6.26. The van der Waals surface area contributed by atoms with E-state index in [1.54, 1.807) is 22.7 Å². The Bertz CT molecular complexity index is 1050. The van der Waals surface area contributed by atoms with Crippen LogP contribution in [-0.4, -0.2) is 11.0 Å². The number of nitrogens with one attached hydrogen (secondary N) is 1. The van der Waals surface area contributed by atoms with Crippen LogP contribution in [0.2, 0.25) is 5.15 Å². The molecule has 1 fully saturated rings. The van der Waals surface area contributed by atoms with E-state index in [0.29, 0.717) is 11.2 Å². The summed E-state index contributed by atoms with van der Waals surface area (Å²) >= 11 is 9.70. The van der Waals surface area contributed by atoms with Crippen LogP contribution in [0.5, 0.6) is 0 Å². The first kappa shape index (κ1) is 21.3. The molecular formula is C24H26ClN3S2. The Morgan fingerprint density at radius 1 is 1.03 bits per heavy atom. The van der Waals surface area contributed by atoms with Crippen LogP contribution in [-0.2, 0) is 6.54 Å². The first-order valence-corrected chi connectivity index (χ1v) is 12.5. The second-order valence-corrected chi connectivity index (χ2v) is 9.82. The molecule has 0 saturated heterocycles. The molecule has 156 valence electrons. The molecule has 3 nitrogen and oxygen atoms in total. The molecule has 30 heavy (non-hydrogen) atoms. The van der Waals surface area contributed by atoms with Crippen molar-refractivity contribution in [1.82, 2.24) is 4.98 Å². The van der Waals surface area contributed by atoms with Crippen molar-refractivity contribution < 1.29 is 0 Å². The summed E-state index contributed by atoms with van der Waals surface area (Å²) in [4.78, 5) is 5.85. The van der Waals surface area contributed by atoms with E-state index < -0.39 is 0 Å². The molecule has 6 heteroatoms. The van der Waals surface area contributed by atoms with Crippen molar-refractivity contribution >= 4 is 50.2 Å². The molecule has 0 bridgehead atoms. The predicted molar refractivity (Wildman–Crippen MR) is 133 cm³/mol. The number of thiophene rings is 2. The first-order chi connectivity index (χ1) is 14.7. The minimum atomic E-state index is 0.516. The zero-order valence-corrected chi connectivity index (χ0v) is 19.2. The molecule has 1 aliphatic rings. The van der Waals surface area contributed by atoms with Crippen LogP contribution in [0.15, 0.2) is 59.3 Å². The lowest BCUT2D eigenvalue weighted by molar-refractivity contribution is 0.441. The highest BCUT2D eigenvalue weighted by atomic mass is 35.5. The van der Waals surface area contributed by atoms with Crippen molar-refractivity contribution in [2.45, 2.75) is 44.7 Å². The SMILES string of the molecule is Clc1cc(NCc2cccs2)c2scc(-c3ccccc3)c2n1.NC1CCCCC1. The van der Waals surface area contributed by atoms with E-state index in [1.165, 1.54) is 37.0 Å². The Labute approximate surface area is 190 Å². The smallest absolute Gasteiger partial charge is 0.131 e. The van der Waals surface area contributed by atoms with Crippen molar-refractivity contribution in [3.05, 3.63) is 69.3 Å². The highest BCUT2D eigenvalue weighted by molar-refractivity contribution is 7.18. The predicted octanol–water partition coefficient (Wildman–Crippen LogP) is 7.57. The molecule has 4 aromatic rings. The highest BCUT2D eigenvalue weighted by Crippen LogP contribution is 2.38. The van der Waals surface area contributed by atoms with Crippen LogP contribution in [0, 0.1) is 0 Å². The number of nitrogens with two attached hydrogens (primary N) is 1. The van der Waals surface area contributed by atoms with Gasteiger partial charge in [-0.15, -0.1) is 22.7 Å². The normalized spacial score (nSPS) is 14.3. The second kappa shape index (κ2) is 10.4. The molecule has 3 heterocycles. The summed E-state index contributed by atoms with van der Waals surface area (Å²) in [5, 5.41) is 8.25. The minimum Gasteiger partial charge on any atom is -0.379 e. The summed E-state index contributed by atoms with van der Waals surface area (Å²) in [6.07, 6.45) is 6.66. The van der Waals surface area contributed by atoms with Crippen LogP contribution in [0.1, 0.15) is 37.0 Å². The Hall–Kier alpha value is -1.92. The van der Waals surface area contributed by atoms with Crippen molar-refractivity contribution in [2.75, 3.05) is 5.32 Å². The largest absolute Gasteiger partial charge is 0.379 e. The molecule has 3 N–H and O–H groups in total. The van der Waals surface area contributed by atoms with E-state index in [2.05, 4.69) is 45.3 Å². The lowest BCUT2D eigenvalue weighted by atomic mass is 9.97. The molecule has 0 atom stereocenters. The third kappa shape index (κ3) is 5.41. The summed E-state index contributed by atoms with van der Waals surface area (Å²) in [5.41, 5.74) is 9.93. The van der Waals surface area contributed by atoms with Gasteiger partial charge in [-0.05, 0) is 29.9 Å². The molecule has 0 unspecified atom stereocenters. The van der Waals surface area contributed by atoms with Crippen LogP contribution in [0.4, 0.5) is 5.69 Å². The number of hydrogen-bond acceptors (Lipinski definition) is 5. The highest BCUT2D eigenvalue weighted by Gasteiger charge is 2.13. The Balaban J connectivity index is 0.000000265. The second-order valence-electron chi connectivity index (χ2n) is 7.52. The lowest BCUT2D eigenvalue weighted by Crippen LogP contribution is -2.22.